The molecule has 4 heteroatoms. The van der Waals surface area contributed by atoms with E-state index in [0.29, 0.717) is 12.8 Å². The van der Waals surface area contributed by atoms with Crippen LogP contribution in [0.2, 0.25) is 0 Å². The maximum atomic E-state index is 12.4. The summed E-state index contributed by atoms with van der Waals surface area (Å²) in [6.45, 7) is 1.99. The topological polar surface area (TPSA) is 66.4 Å². The highest BCUT2D eigenvalue weighted by molar-refractivity contribution is 5.85. The lowest BCUT2D eigenvalue weighted by atomic mass is 9.78. The molecule has 0 heterocycles. The molecule has 3 atom stereocenters. The van der Waals surface area contributed by atoms with Crippen LogP contribution >= 0.6 is 0 Å². The van der Waals surface area contributed by atoms with Gasteiger partial charge in [-0.25, -0.2) is 0 Å². The highest BCUT2D eigenvalue weighted by Crippen LogP contribution is 2.30. The quantitative estimate of drug-likeness (QED) is 0.849. The Kier molecular flexibility index (Phi) is 5.99. The molecule has 0 aromatic heterocycles. The Balaban J connectivity index is 1.83. The molecule has 0 aliphatic heterocycles. The van der Waals surface area contributed by atoms with E-state index in [1.54, 1.807) is 0 Å². The maximum Gasteiger partial charge on any atom is 0.307 e. The van der Waals surface area contributed by atoms with Crippen LogP contribution in [0, 0.1) is 11.8 Å². The highest BCUT2D eigenvalue weighted by Gasteiger charge is 2.35. The van der Waals surface area contributed by atoms with Crippen molar-refractivity contribution in [3.8, 4) is 0 Å². The normalized spacial score (nSPS) is 22.8. The number of carbonyl (C=O) groups is 2. The van der Waals surface area contributed by atoms with E-state index in [0.717, 1.165) is 25.7 Å². The molecule has 1 amide bonds. The Morgan fingerprint density at radius 3 is 2.45 bits per heavy atom. The number of hydrogen-bond acceptors (Lipinski definition) is 2. The minimum Gasteiger partial charge on any atom is -0.481 e. The second-order valence-electron chi connectivity index (χ2n) is 6.27. The van der Waals surface area contributed by atoms with Gasteiger partial charge in [0.15, 0.2) is 0 Å². The van der Waals surface area contributed by atoms with Crippen molar-refractivity contribution in [3.63, 3.8) is 0 Å². The van der Waals surface area contributed by atoms with Crippen LogP contribution in [0.15, 0.2) is 30.3 Å². The SMILES string of the molecule is C[C@@H](CCc1ccccc1)NC(=O)[C@@H]1CCCC[C@@H]1C(=O)O. The van der Waals surface area contributed by atoms with Gasteiger partial charge in [0, 0.05) is 6.04 Å². The first-order chi connectivity index (χ1) is 10.6. The Morgan fingerprint density at radius 1 is 1.18 bits per heavy atom. The van der Waals surface area contributed by atoms with E-state index in [1.807, 2.05) is 25.1 Å². The molecule has 1 fully saturated rings. The zero-order valence-corrected chi connectivity index (χ0v) is 13.1. The number of amides is 1. The van der Waals surface area contributed by atoms with Gasteiger partial charge in [-0.05, 0) is 38.2 Å². The summed E-state index contributed by atoms with van der Waals surface area (Å²) in [5, 5.41) is 12.3. The molecule has 1 aromatic rings. The highest BCUT2D eigenvalue weighted by atomic mass is 16.4. The third-order valence-electron chi connectivity index (χ3n) is 4.52. The molecule has 0 spiro atoms. The first kappa shape index (κ1) is 16.5. The van der Waals surface area contributed by atoms with Crippen LogP contribution in [0.25, 0.3) is 0 Å². The summed E-state index contributed by atoms with van der Waals surface area (Å²) in [4.78, 5) is 23.6. The lowest BCUT2D eigenvalue weighted by molar-refractivity contribution is -0.149. The molecule has 22 heavy (non-hydrogen) atoms. The predicted octanol–water partition coefficient (Wildman–Crippen LogP) is 3.01. The van der Waals surface area contributed by atoms with Crippen LogP contribution < -0.4 is 5.32 Å². The van der Waals surface area contributed by atoms with E-state index in [-0.39, 0.29) is 17.9 Å². The van der Waals surface area contributed by atoms with Crippen molar-refractivity contribution < 1.29 is 14.7 Å². The maximum absolute atomic E-state index is 12.4. The molecule has 2 N–H and O–H groups in total. The molecule has 2 rings (SSSR count). The summed E-state index contributed by atoms with van der Waals surface area (Å²) in [7, 11) is 0. The molecular formula is C18H25NO3. The average Bonchev–Trinajstić information content (AvgIpc) is 2.54. The number of nitrogens with one attached hydrogen (secondary N) is 1. The average molecular weight is 303 g/mol. The summed E-state index contributed by atoms with van der Waals surface area (Å²) >= 11 is 0. The third-order valence-corrected chi connectivity index (χ3v) is 4.52. The lowest BCUT2D eigenvalue weighted by Crippen LogP contribution is -2.43. The van der Waals surface area contributed by atoms with Crippen LogP contribution in [0.1, 0.15) is 44.6 Å². The van der Waals surface area contributed by atoms with Gasteiger partial charge in [-0.3, -0.25) is 9.59 Å². The van der Waals surface area contributed by atoms with Crippen molar-refractivity contribution in [3.05, 3.63) is 35.9 Å². The van der Waals surface area contributed by atoms with Crippen LogP contribution in [0.5, 0.6) is 0 Å². The van der Waals surface area contributed by atoms with E-state index >= 15 is 0 Å². The van der Waals surface area contributed by atoms with Gasteiger partial charge in [-0.1, -0.05) is 43.2 Å². The minimum absolute atomic E-state index is 0.0593. The lowest BCUT2D eigenvalue weighted by Gasteiger charge is -2.28. The molecule has 0 radical (unpaired) electrons. The summed E-state index contributed by atoms with van der Waals surface area (Å²) in [6.07, 6.45) is 4.93. The summed E-state index contributed by atoms with van der Waals surface area (Å²) in [6, 6.07) is 10.2. The van der Waals surface area contributed by atoms with E-state index in [2.05, 4.69) is 17.4 Å². The van der Waals surface area contributed by atoms with Crippen LogP contribution in [0.4, 0.5) is 0 Å². The molecule has 1 saturated carbocycles. The van der Waals surface area contributed by atoms with Gasteiger partial charge in [0.1, 0.15) is 0 Å². The Labute approximate surface area is 131 Å². The monoisotopic (exact) mass is 303 g/mol. The van der Waals surface area contributed by atoms with Crippen molar-refractivity contribution in [2.75, 3.05) is 0 Å². The zero-order chi connectivity index (χ0) is 15.9. The molecule has 0 unspecified atom stereocenters. The summed E-state index contributed by atoms with van der Waals surface area (Å²) < 4.78 is 0. The summed E-state index contributed by atoms with van der Waals surface area (Å²) in [5.74, 6) is -1.81. The fourth-order valence-electron chi connectivity index (χ4n) is 3.19. The number of carboxylic acids is 1. The van der Waals surface area contributed by atoms with Gasteiger partial charge in [0.2, 0.25) is 5.91 Å². The van der Waals surface area contributed by atoms with Crippen LogP contribution in [0.3, 0.4) is 0 Å². The number of aryl methyl sites for hydroxylation is 1. The van der Waals surface area contributed by atoms with Crippen LogP contribution in [-0.2, 0) is 16.0 Å². The van der Waals surface area contributed by atoms with Crippen LogP contribution in [-0.4, -0.2) is 23.0 Å². The van der Waals surface area contributed by atoms with E-state index < -0.39 is 11.9 Å². The molecule has 1 aliphatic rings. The molecule has 1 aromatic carbocycles. The Hall–Kier alpha value is -1.84. The third kappa shape index (κ3) is 4.58. The smallest absolute Gasteiger partial charge is 0.307 e. The van der Waals surface area contributed by atoms with Crippen molar-refractivity contribution >= 4 is 11.9 Å². The van der Waals surface area contributed by atoms with Gasteiger partial charge in [-0.2, -0.15) is 0 Å². The largest absolute Gasteiger partial charge is 0.481 e. The second-order valence-corrected chi connectivity index (χ2v) is 6.27. The molecule has 1 aliphatic carbocycles. The number of carbonyl (C=O) groups excluding carboxylic acids is 1. The summed E-state index contributed by atoms with van der Waals surface area (Å²) in [5.41, 5.74) is 1.25. The Morgan fingerprint density at radius 2 is 1.82 bits per heavy atom. The fraction of sp³-hybridized carbons (Fsp3) is 0.556. The Bertz CT molecular complexity index is 500. The van der Waals surface area contributed by atoms with E-state index in [9.17, 15) is 14.7 Å². The first-order valence-corrected chi connectivity index (χ1v) is 8.15. The van der Waals surface area contributed by atoms with E-state index in [4.69, 9.17) is 0 Å². The van der Waals surface area contributed by atoms with Gasteiger partial charge >= 0.3 is 5.97 Å². The number of rotatable bonds is 6. The molecular weight excluding hydrogens is 278 g/mol. The standard InChI is InChI=1S/C18H25NO3/c1-13(11-12-14-7-3-2-4-8-14)19-17(20)15-9-5-6-10-16(15)18(21)22/h2-4,7-8,13,15-16H,5-6,9-12H2,1H3,(H,19,20)(H,21,22)/t13-,15+,16-/m0/s1. The number of benzene rings is 1. The first-order valence-electron chi connectivity index (χ1n) is 8.15. The van der Waals surface area contributed by atoms with Crippen molar-refractivity contribution in [1.82, 2.24) is 5.32 Å². The number of aliphatic carboxylic acids is 1. The van der Waals surface area contributed by atoms with Gasteiger partial charge < -0.3 is 10.4 Å². The number of hydrogen-bond donors (Lipinski definition) is 2. The van der Waals surface area contributed by atoms with Gasteiger partial charge in [0.25, 0.3) is 0 Å². The molecule has 4 nitrogen and oxygen atoms in total. The fourth-order valence-corrected chi connectivity index (χ4v) is 3.19. The number of carboxylic acid groups (broad SMARTS) is 1. The second kappa shape index (κ2) is 7.97. The van der Waals surface area contributed by atoms with Crippen molar-refractivity contribution in [1.29, 1.82) is 0 Å². The minimum atomic E-state index is -0.836. The van der Waals surface area contributed by atoms with E-state index in [1.165, 1.54) is 5.56 Å². The molecule has 0 saturated heterocycles. The van der Waals surface area contributed by atoms with Crippen molar-refractivity contribution in [2.24, 2.45) is 11.8 Å². The van der Waals surface area contributed by atoms with Gasteiger partial charge in [0.05, 0.1) is 11.8 Å². The zero-order valence-electron chi connectivity index (χ0n) is 13.1. The predicted molar refractivity (Wildman–Crippen MR) is 85.5 cm³/mol. The molecule has 120 valence electrons. The molecule has 0 bridgehead atoms. The van der Waals surface area contributed by atoms with Gasteiger partial charge in [-0.15, -0.1) is 0 Å². The van der Waals surface area contributed by atoms with Crippen molar-refractivity contribution in [2.45, 2.75) is 51.5 Å².